The molecule has 0 spiro atoms. The Morgan fingerprint density at radius 1 is 1.19 bits per heavy atom. The van der Waals surface area contributed by atoms with E-state index in [-0.39, 0.29) is 5.82 Å². The van der Waals surface area contributed by atoms with Gasteiger partial charge in [0.05, 0.1) is 11.9 Å². The van der Waals surface area contributed by atoms with E-state index in [9.17, 15) is 4.39 Å². The van der Waals surface area contributed by atoms with Crippen LogP contribution in [0, 0.1) is 17.7 Å². The molecule has 2 aliphatic rings. The van der Waals surface area contributed by atoms with Crippen molar-refractivity contribution in [2.45, 2.75) is 31.6 Å². The Balaban J connectivity index is 1.26. The van der Waals surface area contributed by atoms with Crippen molar-refractivity contribution in [3.05, 3.63) is 52.7 Å². The van der Waals surface area contributed by atoms with E-state index in [1.807, 2.05) is 12.1 Å². The Bertz CT molecular complexity index is 950. The van der Waals surface area contributed by atoms with Gasteiger partial charge in [0.1, 0.15) is 10.8 Å². The monoisotopic (exact) mass is 371 g/mol. The van der Waals surface area contributed by atoms with Crippen LogP contribution in [-0.2, 0) is 6.42 Å². The van der Waals surface area contributed by atoms with Gasteiger partial charge in [0, 0.05) is 13.0 Å². The third-order valence-electron chi connectivity index (χ3n) is 5.38. The summed E-state index contributed by atoms with van der Waals surface area (Å²) < 4.78 is 14.8. The number of nitrogens with zero attached hydrogens (tertiary/aromatic N) is 4. The SMILES string of the molecule is Fc1ccc([C@@H]2C[C@H]2CNc2cnn3c(CC4CC4)nnc3c2Cl)cc1. The third-order valence-corrected chi connectivity index (χ3v) is 5.76. The van der Waals surface area contributed by atoms with Gasteiger partial charge in [-0.3, -0.25) is 0 Å². The summed E-state index contributed by atoms with van der Waals surface area (Å²) in [4.78, 5) is 0. The number of hydrogen-bond donors (Lipinski definition) is 1. The number of aromatic nitrogens is 4. The lowest BCUT2D eigenvalue weighted by Gasteiger charge is -2.08. The maximum Gasteiger partial charge on any atom is 0.198 e. The molecule has 1 aromatic carbocycles. The van der Waals surface area contributed by atoms with Crippen LogP contribution in [0.5, 0.6) is 0 Å². The number of anilines is 1. The van der Waals surface area contributed by atoms with Crippen molar-refractivity contribution < 1.29 is 4.39 Å². The van der Waals surface area contributed by atoms with Crippen LogP contribution in [0.1, 0.15) is 36.6 Å². The first kappa shape index (κ1) is 16.0. The van der Waals surface area contributed by atoms with Gasteiger partial charge in [0.2, 0.25) is 0 Å². The summed E-state index contributed by atoms with van der Waals surface area (Å²) in [5, 5.41) is 16.9. The second-order valence-corrected chi connectivity index (χ2v) is 7.78. The molecule has 2 heterocycles. The predicted octanol–water partition coefficient (Wildman–Crippen LogP) is 4.08. The van der Waals surface area contributed by atoms with Gasteiger partial charge in [0.25, 0.3) is 0 Å². The smallest absolute Gasteiger partial charge is 0.198 e. The number of benzene rings is 1. The van der Waals surface area contributed by atoms with Gasteiger partial charge in [0.15, 0.2) is 11.5 Å². The van der Waals surface area contributed by atoms with E-state index in [4.69, 9.17) is 11.6 Å². The summed E-state index contributed by atoms with van der Waals surface area (Å²) in [6.07, 6.45) is 6.29. The average Bonchev–Trinajstić information content (AvgIpc) is 3.55. The Kier molecular flexibility index (Phi) is 3.81. The molecule has 5 rings (SSSR count). The van der Waals surface area contributed by atoms with E-state index in [1.54, 1.807) is 10.7 Å². The average molecular weight is 372 g/mol. The first-order chi connectivity index (χ1) is 12.7. The lowest BCUT2D eigenvalue weighted by Crippen LogP contribution is -2.08. The fourth-order valence-electron chi connectivity index (χ4n) is 3.53. The molecular formula is C19H19ClFN5. The molecule has 3 aromatic rings. The topological polar surface area (TPSA) is 55.1 Å². The molecule has 26 heavy (non-hydrogen) atoms. The minimum Gasteiger partial charge on any atom is -0.382 e. The molecule has 134 valence electrons. The molecule has 2 aliphatic carbocycles. The highest BCUT2D eigenvalue weighted by atomic mass is 35.5. The Hall–Kier alpha value is -2.21. The second kappa shape index (κ2) is 6.20. The summed E-state index contributed by atoms with van der Waals surface area (Å²) in [7, 11) is 0. The van der Waals surface area contributed by atoms with Crippen molar-refractivity contribution in [1.29, 1.82) is 0 Å². The van der Waals surface area contributed by atoms with Gasteiger partial charge >= 0.3 is 0 Å². The quantitative estimate of drug-likeness (QED) is 0.709. The molecular weight excluding hydrogens is 353 g/mol. The Morgan fingerprint density at radius 2 is 2.00 bits per heavy atom. The van der Waals surface area contributed by atoms with Crippen LogP contribution >= 0.6 is 11.6 Å². The number of hydrogen-bond acceptors (Lipinski definition) is 4. The van der Waals surface area contributed by atoms with Crippen molar-refractivity contribution in [2.75, 3.05) is 11.9 Å². The van der Waals surface area contributed by atoms with Crippen LogP contribution in [-0.4, -0.2) is 26.4 Å². The molecule has 2 atom stereocenters. The number of rotatable bonds is 6. The molecule has 0 bridgehead atoms. The minimum atomic E-state index is -0.190. The summed E-state index contributed by atoms with van der Waals surface area (Å²) >= 11 is 6.51. The maximum absolute atomic E-state index is 13.0. The van der Waals surface area contributed by atoms with Crippen molar-refractivity contribution in [2.24, 2.45) is 11.8 Å². The molecule has 2 aromatic heterocycles. The normalized spacial score (nSPS) is 21.9. The van der Waals surface area contributed by atoms with Gasteiger partial charge in [-0.05, 0) is 54.7 Å². The molecule has 1 N–H and O–H groups in total. The summed E-state index contributed by atoms with van der Waals surface area (Å²) in [5.74, 6) is 2.42. The number of fused-ring (bicyclic) bond motifs is 1. The summed E-state index contributed by atoms with van der Waals surface area (Å²) in [5.41, 5.74) is 2.59. The van der Waals surface area contributed by atoms with E-state index in [2.05, 4.69) is 20.6 Å². The highest BCUT2D eigenvalue weighted by molar-refractivity contribution is 6.36. The van der Waals surface area contributed by atoms with Crippen LogP contribution in [0.25, 0.3) is 5.65 Å². The van der Waals surface area contributed by atoms with Crippen LogP contribution in [0.3, 0.4) is 0 Å². The molecule has 0 aliphatic heterocycles. The fraction of sp³-hybridized carbons (Fsp3) is 0.421. The molecule has 0 saturated heterocycles. The molecule has 0 radical (unpaired) electrons. The summed E-state index contributed by atoms with van der Waals surface area (Å²) in [6.45, 7) is 0.808. The molecule has 0 unspecified atom stereocenters. The van der Waals surface area contributed by atoms with E-state index in [1.165, 1.54) is 30.5 Å². The minimum absolute atomic E-state index is 0.190. The van der Waals surface area contributed by atoms with Crippen LogP contribution < -0.4 is 5.32 Å². The third kappa shape index (κ3) is 3.03. The predicted molar refractivity (Wildman–Crippen MR) is 98.0 cm³/mol. The van der Waals surface area contributed by atoms with E-state index >= 15 is 0 Å². The molecule has 5 nitrogen and oxygen atoms in total. The Labute approximate surface area is 155 Å². The second-order valence-electron chi connectivity index (χ2n) is 7.41. The lowest BCUT2D eigenvalue weighted by molar-refractivity contribution is 0.627. The highest BCUT2D eigenvalue weighted by Gasteiger charge is 2.38. The van der Waals surface area contributed by atoms with Gasteiger partial charge in [-0.1, -0.05) is 23.7 Å². The van der Waals surface area contributed by atoms with Crippen LogP contribution in [0.4, 0.5) is 10.1 Å². The standard InChI is InChI=1S/C19H19ClFN5/c20-18-16(10-23-26-17(7-11-1-2-11)24-25-19(18)26)22-9-13-8-15(13)12-3-5-14(21)6-4-12/h3-6,10-11,13,15,22H,1-2,7-9H2/t13-,15-/m0/s1. The summed E-state index contributed by atoms with van der Waals surface area (Å²) in [6, 6.07) is 6.80. The Morgan fingerprint density at radius 3 is 2.77 bits per heavy atom. The fourth-order valence-corrected chi connectivity index (χ4v) is 3.76. The van der Waals surface area contributed by atoms with Crippen LogP contribution in [0.2, 0.25) is 5.02 Å². The maximum atomic E-state index is 13.0. The highest BCUT2D eigenvalue weighted by Crippen LogP contribution is 2.47. The zero-order valence-corrected chi connectivity index (χ0v) is 15.0. The van der Waals surface area contributed by atoms with Crippen molar-refractivity contribution in [3.63, 3.8) is 0 Å². The van der Waals surface area contributed by atoms with Gasteiger partial charge in [-0.2, -0.15) is 9.61 Å². The first-order valence-electron chi connectivity index (χ1n) is 9.07. The zero-order chi connectivity index (χ0) is 17.7. The molecule has 2 fully saturated rings. The number of halogens is 2. The first-order valence-corrected chi connectivity index (χ1v) is 9.45. The van der Waals surface area contributed by atoms with Crippen molar-refractivity contribution in [3.8, 4) is 0 Å². The number of nitrogens with one attached hydrogen (secondary N) is 1. The zero-order valence-electron chi connectivity index (χ0n) is 14.2. The van der Waals surface area contributed by atoms with E-state index < -0.39 is 0 Å². The van der Waals surface area contributed by atoms with Gasteiger partial charge < -0.3 is 5.32 Å². The van der Waals surface area contributed by atoms with Gasteiger partial charge in [-0.15, -0.1) is 10.2 Å². The molecule has 7 heteroatoms. The van der Waals surface area contributed by atoms with Crippen molar-refractivity contribution >= 4 is 22.9 Å². The van der Waals surface area contributed by atoms with E-state index in [0.29, 0.717) is 22.5 Å². The largest absolute Gasteiger partial charge is 0.382 e. The van der Waals surface area contributed by atoms with Gasteiger partial charge in [-0.25, -0.2) is 4.39 Å². The molecule has 0 amide bonds. The van der Waals surface area contributed by atoms with Crippen LogP contribution in [0.15, 0.2) is 30.5 Å². The van der Waals surface area contributed by atoms with E-state index in [0.717, 1.165) is 36.8 Å². The lowest BCUT2D eigenvalue weighted by atomic mass is 10.1. The van der Waals surface area contributed by atoms with Crippen molar-refractivity contribution in [1.82, 2.24) is 19.8 Å². The molecule has 2 saturated carbocycles.